The molecule has 1 saturated heterocycles. The zero-order valence-corrected chi connectivity index (χ0v) is 15.3. The summed E-state index contributed by atoms with van der Waals surface area (Å²) in [6.45, 7) is 2.07. The van der Waals surface area contributed by atoms with Crippen LogP contribution in [-0.2, 0) is 16.4 Å². The van der Waals surface area contributed by atoms with E-state index in [-0.39, 0.29) is 5.91 Å². The van der Waals surface area contributed by atoms with E-state index in [9.17, 15) is 13.2 Å². The van der Waals surface area contributed by atoms with Gasteiger partial charge in [-0.1, -0.05) is 0 Å². The van der Waals surface area contributed by atoms with Crippen LogP contribution in [0.25, 0.3) is 11.3 Å². The van der Waals surface area contributed by atoms with Crippen LogP contribution in [0.1, 0.15) is 16.1 Å². The average Bonchev–Trinajstić information content (AvgIpc) is 3.29. The highest BCUT2D eigenvalue weighted by Gasteiger charge is 2.27. The molecule has 0 unspecified atom stereocenters. The Balaban J connectivity index is 1.47. The van der Waals surface area contributed by atoms with Gasteiger partial charge in [0.1, 0.15) is 11.4 Å². The summed E-state index contributed by atoms with van der Waals surface area (Å²) in [7, 11) is -3.21. The molecule has 1 N–H and O–H groups in total. The zero-order chi connectivity index (χ0) is 18.3. The molecule has 26 heavy (non-hydrogen) atoms. The Hall–Kier alpha value is -2.39. The lowest BCUT2D eigenvalue weighted by Crippen LogP contribution is -2.50. The summed E-state index contributed by atoms with van der Waals surface area (Å²) in [6, 6.07) is 7.64. The smallest absolute Gasteiger partial charge is 0.271 e. The standard InChI is InChI=1S/C17H20N4O4S/c1-26(23,24)21-7-5-20(6-8-21)17(22)15-11-14(18-19-15)12-2-3-16-13(10-12)4-9-25-16/h2-3,10-11H,4-9H2,1H3,(H,18,19). The lowest BCUT2D eigenvalue weighted by Gasteiger charge is -2.32. The van der Waals surface area contributed by atoms with Crippen LogP contribution in [0.4, 0.5) is 0 Å². The first-order chi connectivity index (χ1) is 12.4. The number of ether oxygens (including phenoxy) is 1. The number of hydrogen-bond acceptors (Lipinski definition) is 5. The third-order valence-electron chi connectivity index (χ3n) is 4.79. The summed E-state index contributed by atoms with van der Waals surface area (Å²) in [5, 5.41) is 7.07. The van der Waals surface area contributed by atoms with Gasteiger partial charge in [-0.25, -0.2) is 8.42 Å². The van der Waals surface area contributed by atoms with Crippen LogP contribution < -0.4 is 4.74 Å². The predicted octanol–water partition coefficient (Wildman–Crippen LogP) is 0.729. The highest BCUT2D eigenvalue weighted by Crippen LogP contribution is 2.30. The van der Waals surface area contributed by atoms with Gasteiger partial charge in [-0.3, -0.25) is 9.89 Å². The quantitative estimate of drug-likeness (QED) is 0.852. The van der Waals surface area contributed by atoms with Gasteiger partial charge in [-0.05, 0) is 29.8 Å². The van der Waals surface area contributed by atoms with Gasteiger partial charge in [-0.15, -0.1) is 0 Å². The number of carbonyl (C=O) groups is 1. The van der Waals surface area contributed by atoms with Crippen molar-refractivity contribution in [3.05, 3.63) is 35.5 Å². The van der Waals surface area contributed by atoms with Crippen LogP contribution in [-0.4, -0.2) is 72.8 Å². The number of nitrogens with one attached hydrogen (secondary N) is 1. The minimum Gasteiger partial charge on any atom is -0.493 e. The lowest BCUT2D eigenvalue weighted by atomic mass is 10.1. The molecule has 0 spiro atoms. The van der Waals surface area contributed by atoms with E-state index in [1.807, 2.05) is 18.2 Å². The highest BCUT2D eigenvalue weighted by molar-refractivity contribution is 7.88. The number of fused-ring (bicyclic) bond motifs is 1. The molecule has 0 aliphatic carbocycles. The van der Waals surface area contributed by atoms with Gasteiger partial charge in [0.05, 0.1) is 18.6 Å². The average molecular weight is 376 g/mol. The molecule has 0 bridgehead atoms. The first-order valence-electron chi connectivity index (χ1n) is 8.48. The molecule has 1 amide bonds. The van der Waals surface area contributed by atoms with Crippen molar-refractivity contribution in [2.45, 2.75) is 6.42 Å². The number of sulfonamides is 1. The van der Waals surface area contributed by atoms with E-state index in [2.05, 4.69) is 10.2 Å². The maximum absolute atomic E-state index is 12.7. The van der Waals surface area contributed by atoms with Crippen molar-refractivity contribution >= 4 is 15.9 Å². The second-order valence-electron chi connectivity index (χ2n) is 6.54. The number of nitrogens with zero attached hydrogens (tertiary/aromatic N) is 3. The van der Waals surface area contributed by atoms with E-state index in [0.29, 0.717) is 44.2 Å². The largest absolute Gasteiger partial charge is 0.493 e. The second kappa shape index (κ2) is 6.40. The third kappa shape index (κ3) is 3.19. The first kappa shape index (κ1) is 17.0. The van der Waals surface area contributed by atoms with Crippen molar-refractivity contribution < 1.29 is 17.9 Å². The summed E-state index contributed by atoms with van der Waals surface area (Å²) in [5.74, 6) is 0.741. The van der Waals surface area contributed by atoms with Crippen molar-refractivity contribution in [2.24, 2.45) is 0 Å². The minimum atomic E-state index is -3.21. The molecule has 1 fully saturated rings. The van der Waals surface area contributed by atoms with Crippen molar-refractivity contribution in [3.63, 3.8) is 0 Å². The topological polar surface area (TPSA) is 95.6 Å². The van der Waals surface area contributed by atoms with E-state index < -0.39 is 10.0 Å². The van der Waals surface area contributed by atoms with Crippen molar-refractivity contribution in [2.75, 3.05) is 39.0 Å². The molecule has 4 rings (SSSR count). The SMILES string of the molecule is CS(=O)(=O)N1CCN(C(=O)c2cc(-c3ccc4c(c3)CCO4)n[nH]2)CC1. The Morgan fingerprint density at radius 1 is 1.19 bits per heavy atom. The normalized spacial score (nSPS) is 17.8. The number of aromatic amines is 1. The molecule has 0 atom stereocenters. The second-order valence-corrected chi connectivity index (χ2v) is 8.52. The number of carbonyl (C=O) groups excluding carboxylic acids is 1. The minimum absolute atomic E-state index is 0.165. The zero-order valence-electron chi connectivity index (χ0n) is 14.4. The van der Waals surface area contributed by atoms with Crippen LogP contribution in [0.3, 0.4) is 0 Å². The molecule has 0 saturated carbocycles. The summed E-state index contributed by atoms with van der Waals surface area (Å²) in [5.41, 5.74) is 3.20. The Bertz CT molecular complexity index is 945. The van der Waals surface area contributed by atoms with Gasteiger partial charge in [0.15, 0.2) is 0 Å². The predicted molar refractivity (Wildman–Crippen MR) is 95.5 cm³/mol. The number of hydrogen-bond donors (Lipinski definition) is 1. The molecule has 1 aromatic heterocycles. The maximum atomic E-state index is 12.7. The Morgan fingerprint density at radius 3 is 2.69 bits per heavy atom. The number of rotatable bonds is 3. The van der Waals surface area contributed by atoms with Crippen LogP contribution in [0.2, 0.25) is 0 Å². The van der Waals surface area contributed by atoms with Gasteiger partial charge in [0, 0.05) is 38.2 Å². The van der Waals surface area contributed by atoms with Crippen molar-refractivity contribution in [1.29, 1.82) is 0 Å². The van der Waals surface area contributed by atoms with Gasteiger partial charge in [0.2, 0.25) is 10.0 Å². The fourth-order valence-corrected chi connectivity index (χ4v) is 4.14. The maximum Gasteiger partial charge on any atom is 0.271 e. The monoisotopic (exact) mass is 376 g/mol. The number of piperazine rings is 1. The molecule has 9 heteroatoms. The van der Waals surface area contributed by atoms with Gasteiger partial charge in [0.25, 0.3) is 5.91 Å². The molecule has 138 valence electrons. The summed E-state index contributed by atoms with van der Waals surface area (Å²) in [6.07, 6.45) is 2.07. The molecule has 8 nitrogen and oxygen atoms in total. The summed E-state index contributed by atoms with van der Waals surface area (Å²) in [4.78, 5) is 14.3. The van der Waals surface area contributed by atoms with E-state index >= 15 is 0 Å². The van der Waals surface area contributed by atoms with Crippen molar-refractivity contribution in [3.8, 4) is 17.0 Å². The fourth-order valence-electron chi connectivity index (χ4n) is 3.32. The van der Waals surface area contributed by atoms with Crippen molar-refractivity contribution in [1.82, 2.24) is 19.4 Å². The van der Waals surface area contributed by atoms with Crippen LogP contribution in [0, 0.1) is 0 Å². The van der Waals surface area contributed by atoms with Crippen LogP contribution >= 0.6 is 0 Å². The van der Waals surface area contributed by atoms with E-state index in [1.54, 1.807) is 11.0 Å². The molecule has 3 heterocycles. The third-order valence-corrected chi connectivity index (χ3v) is 6.09. The van der Waals surface area contributed by atoms with E-state index in [1.165, 1.54) is 10.6 Å². The molecule has 2 aliphatic rings. The highest BCUT2D eigenvalue weighted by atomic mass is 32.2. The molecular weight excluding hydrogens is 356 g/mol. The van der Waals surface area contributed by atoms with Crippen LogP contribution in [0.5, 0.6) is 5.75 Å². The number of benzene rings is 1. The molecular formula is C17H20N4O4S. The Morgan fingerprint density at radius 2 is 1.96 bits per heavy atom. The Kier molecular flexibility index (Phi) is 4.20. The number of H-pyrrole nitrogens is 1. The first-order valence-corrected chi connectivity index (χ1v) is 10.3. The number of aromatic nitrogens is 2. The number of amides is 1. The summed E-state index contributed by atoms with van der Waals surface area (Å²) >= 11 is 0. The van der Waals surface area contributed by atoms with Gasteiger partial charge < -0.3 is 9.64 Å². The lowest BCUT2D eigenvalue weighted by molar-refractivity contribution is 0.0692. The molecule has 2 aromatic rings. The Labute approximate surface area is 151 Å². The summed E-state index contributed by atoms with van der Waals surface area (Å²) < 4.78 is 30.0. The van der Waals surface area contributed by atoms with Crippen LogP contribution in [0.15, 0.2) is 24.3 Å². The molecule has 2 aliphatic heterocycles. The van der Waals surface area contributed by atoms with Gasteiger partial charge >= 0.3 is 0 Å². The molecule has 0 radical (unpaired) electrons. The van der Waals surface area contributed by atoms with E-state index in [4.69, 9.17) is 4.74 Å². The van der Waals surface area contributed by atoms with Gasteiger partial charge in [-0.2, -0.15) is 9.40 Å². The van der Waals surface area contributed by atoms with E-state index in [0.717, 1.165) is 23.3 Å². The fraction of sp³-hybridized carbons (Fsp3) is 0.412. The molecule has 1 aromatic carbocycles.